The van der Waals surface area contributed by atoms with Crippen molar-refractivity contribution in [2.45, 2.75) is 38.2 Å². The molecule has 0 bridgehead atoms. The Kier molecular flexibility index (Phi) is 5.45. The Hall–Kier alpha value is -0.420. The number of rotatable bonds is 3. The molecule has 15 heavy (non-hydrogen) atoms. The van der Waals surface area contributed by atoms with Crippen molar-refractivity contribution in [1.82, 2.24) is 0 Å². The summed E-state index contributed by atoms with van der Waals surface area (Å²) in [7, 11) is 1.22. The van der Waals surface area contributed by atoms with E-state index >= 15 is 0 Å². The molecule has 2 N–H and O–H groups in total. The van der Waals surface area contributed by atoms with E-state index in [1.807, 2.05) is 0 Å². The molecule has 0 saturated heterocycles. The molecule has 90 valence electrons. The normalized spacial score (nSPS) is 30.1. The highest BCUT2D eigenvalue weighted by molar-refractivity contribution is 5.85. The van der Waals surface area contributed by atoms with E-state index in [-0.39, 0.29) is 18.4 Å². The van der Waals surface area contributed by atoms with Crippen molar-refractivity contribution < 1.29 is 18.3 Å². The van der Waals surface area contributed by atoms with Gasteiger partial charge in [-0.3, -0.25) is 4.79 Å². The number of methoxy groups -OCH3 is 1. The monoisotopic (exact) mass is 243 g/mol. The smallest absolute Gasteiger partial charge is 0.312 e. The van der Waals surface area contributed by atoms with Crippen LogP contribution < -0.4 is 5.73 Å². The van der Waals surface area contributed by atoms with Gasteiger partial charge < -0.3 is 10.5 Å². The average molecular weight is 244 g/mol. The lowest BCUT2D eigenvalue weighted by Crippen LogP contribution is -2.33. The molecule has 2 atom stereocenters. The second-order valence-corrected chi connectivity index (χ2v) is 3.87. The van der Waals surface area contributed by atoms with E-state index in [0.29, 0.717) is 19.3 Å². The van der Waals surface area contributed by atoms with Crippen molar-refractivity contribution in [3.8, 4) is 0 Å². The van der Waals surface area contributed by atoms with Crippen LogP contribution in [-0.4, -0.2) is 25.5 Å². The third-order valence-electron chi connectivity index (χ3n) is 2.81. The summed E-state index contributed by atoms with van der Waals surface area (Å²) < 4.78 is 29.2. The summed E-state index contributed by atoms with van der Waals surface area (Å²) in [6.07, 6.45) is -1.59. The number of ether oxygens (including phenoxy) is 1. The first-order valence-corrected chi connectivity index (χ1v) is 4.62. The van der Waals surface area contributed by atoms with E-state index in [9.17, 15) is 13.6 Å². The van der Waals surface area contributed by atoms with Crippen LogP contribution in [0, 0.1) is 5.41 Å². The van der Waals surface area contributed by atoms with Crippen LogP contribution in [0.2, 0.25) is 0 Å². The first-order chi connectivity index (χ1) is 6.50. The fourth-order valence-electron chi connectivity index (χ4n) is 2.13. The fourth-order valence-corrected chi connectivity index (χ4v) is 2.13. The van der Waals surface area contributed by atoms with Gasteiger partial charge in [-0.1, -0.05) is 0 Å². The maximum absolute atomic E-state index is 12.3. The highest BCUT2D eigenvalue weighted by Gasteiger charge is 2.46. The molecule has 1 fully saturated rings. The largest absolute Gasteiger partial charge is 0.469 e. The predicted molar refractivity (Wildman–Crippen MR) is 54.1 cm³/mol. The Morgan fingerprint density at radius 3 is 2.60 bits per heavy atom. The minimum atomic E-state index is -2.49. The summed E-state index contributed by atoms with van der Waals surface area (Å²) in [5.41, 5.74) is 4.59. The van der Waals surface area contributed by atoms with Crippen molar-refractivity contribution in [3.05, 3.63) is 0 Å². The minimum Gasteiger partial charge on any atom is -0.469 e. The van der Waals surface area contributed by atoms with E-state index in [2.05, 4.69) is 4.74 Å². The van der Waals surface area contributed by atoms with Crippen LogP contribution in [0.3, 0.4) is 0 Å². The topological polar surface area (TPSA) is 52.3 Å². The van der Waals surface area contributed by atoms with Crippen LogP contribution in [0.5, 0.6) is 0 Å². The van der Waals surface area contributed by atoms with Crippen molar-refractivity contribution in [1.29, 1.82) is 0 Å². The van der Waals surface area contributed by atoms with Crippen molar-refractivity contribution in [3.63, 3.8) is 0 Å². The van der Waals surface area contributed by atoms with Crippen LogP contribution in [0.4, 0.5) is 8.78 Å². The van der Waals surface area contributed by atoms with Gasteiger partial charge in [0.25, 0.3) is 0 Å². The second-order valence-electron chi connectivity index (χ2n) is 3.87. The van der Waals surface area contributed by atoms with Crippen LogP contribution >= 0.6 is 12.4 Å². The minimum absolute atomic E-state index is 0. The zero-order valence-corrected chi connectivity index (χ0v) is 9.36. The lowest BCUT2D eigenvalue weighted by atomic mass is 9.82. The molecule has 0 aromatic rings. The average Bonchev–Trinajstić information content (AvgIpc) is 2.46. The Bertz CT molecular complexity index is 228. The molecule has 0 heterocycles. The zero-order valence-electron chi connectivity index (χ0n) is 8.54. The third kappa shape index (κ3) is 3.28. The van der Waals surface area contributed by atoms with Crippen LogP contribution in [-0.2, 0) is 9.53 Å². The first-order valence-electron chi connectivity index (χ1n) is 4.62. The van der Waals surface area contributed by atoms with Crippen LogP contribution in [0.1, 0.15) is 25.7 Å². The molecule has 3 nitrogen and oxygen atoms in total. The highest BCUT2D eigenvalue weighted by Crippen LogP contribution is 2.43. The Morgan fingerprint density at radius 2 is 2.27 bits per heavy atom. The van der Waals surface area contributed by atoms with Gasteiger partial charge in [-0.15, -0.1) is 12.4 Å². The molecule has 0 aromatic heterocycles. The molecule has 0 radical (unpaired) electrons. The summed E-state index contributed by atoms with van der Waals surface area (Å²) in [5.74, 6) is -0.550. The van der Waals surface area contributed by atoms with E-state index in [1.165, 1.54) is 7.11 Å². The lowest BCUT2D eigenvalue weighted by Gasteiger charge is -2.25. The quantitative estimate of drug-likeness (QED) is 0.768. The molecule has 6 heteroatoms. The molecule has 1 aliphatic rings. The molecule has 0 unspecified atom stereocenters. The Morgan fingerprint density at radius 1 is 1.67 bits per heavy atom. The van der Waals surface area contributed by atoms with E-state index in [4.69, 9.17) is 5.73 Å². The van der Waals surface area contributed by atoms with Crippen molar-refractivity contribution in [2.75, 3.05) is 7.11 Å². The number of hydrogen-bond donors (Lipinski definition) is 1. The molecule has 1 rings (SSSR count). The highest BCUT2D eigenvalue weighted by atomic mass is 35.5. The zero-order chi connectivity index (χ0) is 10.8. The standard InChI is InChI=1S/C9H15F2NO2.ClH/c1-14-8(13)9(5-7(10)11)3-2-6(12)4-9;/h6-7H,2-5,12H2,1H3;1H/t6-,9-;/m1./s1. The molecule has 0 spiro atoms. The Labute approximate surface area is 93.8 Å². The van der Waals surface area contributed by atoms with E-state index in [1.54, 1.807) is 0 Å². The number of nitrogens with two attached hydrogens (primary N) is 1. The van der Waals surface area contributed by atoms with Gasteiger partial charge in [0.05, 0.1) is 12.5 Å². The summed E-state index contributed by atoms with van der Waals surface area (Å²) >= 11 is 0. The maximum Gasteiger partial charge on any atom is 0.312 e. The van der Waals surface area contributed by atoms with Gasteiger partial charge in [0, 0.05) is 12.5 Å². The summed E-state index contributed by atoms with van der Waals surface area (Å²) in [5, 5.41) is 0. The number of esters is 1. The van der Waals surface area contributed by atoms with Gasteiger partial charge in [0.15, 0.2) is 0 Å². The number of hydrogen-bond acceptors (Lipinski definition) is 3. The molecule has 0 aliphatic heterocycles. The van der Waals surface area contributed by atoms with Crippen molar-refractivity contribution >= 4 is 18.4 Å². The molecule has 0 amide bonds. The SMILES string of the molecule is COC(=O)[C@]1(CC(F)F)CC[C@@H](N)C1.Cl. The molecular weight excluding hydrogens is 228 g/mol. The summed E-state index contributed by atoms with van der Waals surface area (Å²) in [4.78, 5) is 11.4. The second kappa shape index (κ2) is 5.61. The van der Waals surface area contributed by atoms with Gasteiger partial charge in [-0.25, -0.2) is 8.78 Å². The molecular formula is C9H16ClF2NO2. The van der Waals surface area contributed by atoms with E-state index in [0.717, 1.165) is 0 Å². The van der Waals surface area contributed by atoms with Crippen LogP contribution in [0.15, 0.2) is 0 Å². The first kappa shape index (κ1) is 14.6. The van der Waals surface area contributed by atoms with E-state index < -0.39 is 24.2 Å². The van der Waals surface area contributed by atoms with Gasteiger partial charge in [-0.2, -0.15) is 0 Å². The number of halogens is 3. The number of carbonyl (C=O) groups is 1. The molecule has 0 aromatic carbocycles. The molecule has 1 saturated carbocycles. The Balaban J connectivity index is 0.00000196. The maximum atomic E-state index is 12.3. The number of alkyl halides is 2. The number of carbonyl (C=O) groups excluding carboxylic acids is 1. The van der Waals surface area contributed by atoms with Gasteiger partial charge in [0.1, 0.15) is 0 Å². The van der Waals surface area contributed by atoms with Gasteiger partial charge in [-0.05, 0) is 19.3 Å². The van der Waals surface area contributed by atoms with Crippen molar-refractivity contribution in [2.24, 2.45) is 11.1 Å². The fraction of sp³-hybridized carbons (Fsp3) is 0.889. The van der Waals surface area contributed by atoms with Gasteiger partial charge in [0.2, 0.25) is 6.43 Å². The third-order valence-corrected chi connectivity index (χ3v) is 2.81. The van der Waals surface area contributed by atoms with Gasteiger partial charge >= 0.3 is 5.97 Å². The molecule has 1 aliphatic carbocycles. The summed E-state index contributed by atoms with van der Waals surface area (Å²) in [6.45, 7) is 0. The lowest BCUT2D eigenvalue weighted by molar-refractivity contribution is -0.155. The predicted octanol–water partition coefficient (Wildman–Crippen LogP) is 1.73. The van der Waals surface area contributed by atoms with Crippen LogP contribution in [0.25, 0.3) is 0 Å². The summed E-state index contributed by atoms with van der Waals surface area (Å²) in [6, 6.07) is -0.159.